The molecule has 1 saturated heterocycles. The van der Waals surface area contributed by atoms with Gasteiger partial charge in [0.05, 0.1) is 16.9 Å². The van der Waals surface area contributed by atoms with Gasteiger partial charge in [-0.2, -0.15) is 0 Å². The Balaban J connectivity index is 1.49. The molecular weight excluding hydrogens is 440 g/mol. The highest BCUT2D eigenvalue weighted by molar-refractivity contribution is 9.10. The van der Waals surface area contributed by atoms with Crippen molar-refractivity contribution in [3.8, 4) is 11.3 Å². The summed E-state index contributed by atoms with van der Waals surface area (Å²) >= 11 is 9.96. The van der Waals surface area contributed by atoms with Gasteiger partial charge in [0.25, 0.3) is 0 Å². The Morgan fingerprint density at radius 2 is 1.96 bits per heavy atom. The van der Waals surface area contributed by atoms with E-state index in [4.69, 9.17) is 16.6 Å². The summed E-state index contributed by atoms with van der Waals surface area (Å²) in [7, 11) is 2.18. The molecule has 28 heavy (non-hydrogen) atoms. The zero-order chi connectivity index (χ0) is 19.5. The van der Waals surface area contributed by atoms with Crippen LogP contribution in [0.2, 0.25) is 5.02 Å². The third-order valence-electron chi connectivity index (χ3n) is 5.14. The lowest BCUT2D eigenvalue weighted by atomic mass is 10.1. The lowest BCUT2D eigenvalue weighted by molar-refractivity contribution is 0.154. The number of likely N-dealkylation sites (N-methyl/N-ethyl adjacent to an activating group) is 1. The number of hydrogen-bond acceptors (Lipinski definition) is 5. The lowest BCUT2D eigenvalue weighted by Gasteiger charge is -2.32. The molecule has 3 heterocycles. The highest BCUT2D eigenvalue weighted by Crippen LogP contribution is 2.29. The Bertz CT molecular complexity index is 951. The number of piperazine rings is 1. The molecule has 1 N–H and O–H groups in total. The van der Waals surface area contributed by atoms with Crippen LogP contribution in [0.25, 0.3) is 16.9 Å². The normalized spacial score (nSPS) is 16.0. The first kappa shape index (κ1) is 19.6. The molecule has 8 heteroatoms. The lowest BCUT2D eigenvalue weighted by Crippen LogP contribution is -2.44. The SMILES string of the molecule is CN1CCN(CCCNc2nc(-c3ccccc3Cl)cn3c(Br)cnc23)CC1. The maximum Gasteiger partial charge on any atom is 0.181 e. The van der Waals surface area contributed by atoms with E-state index in [-0.39, 0.29) is 0 Å². The van der Waals surface area contributed by atoms with Crippen molar-refractivity contribution in [1.29, 1.82) is 0 Å². The molecule has 0 bridgehead atoms. The predicted molar refractivity (Wildman–Crippen MR) is 118 cm³/mol. The maximum absolute atomic E-state index is 6.39. The second kappa shape index (κ2) is 8.78. The molecule has 0 spiro atoms. The summed E-state index contributed by atoms with van der Waals surface area (Å²) < 4.78 is 2.88. The molecule has 4 rings (SSSR count). The van der Waals surface area contributed by atoms with Crippen molar-refractivity contribution in [3.05, 3.63) is 46.3 Å². The average Bonchev–Trinajstić information content (AvgIpc) is 3.08. The van der Waals surface area contributed by atoms with Crippen molar-refractivity contribution >= 4 is 39.0 Å². The van der Waals surface area contributed by atoms with Gasteiger partial charge in [-0.25, -0.2) is 9.97 Å². The van der Waals surface area contributed by atoms with Crippen LogP contribution in [0.4, 0.5) is 5.82 Å². The zero-order valence-electron chi connectivity index (χ0n) is 15.9. The minimum Gasteiger partial charge on any atom is -0.367 e. The number of hydrogen-bond donors (Lipinski definition) is 1. The van der Waals surface area contributed by atoms with Gasteiger partial charge in [0, 0.05) is 44.5 Å². The standard InChI is InChI=1S/C20H24BrClN6/c1-26-9-11-27(12-10-26)8-4-7-23-19-20-24-13-18(21)28(20)14-17(25-19)15-5-2-3-6-16(15)22/h2-3,5-6,13-14H,4,7-12H2,1H3,(H,23,25). The summed E-state index contributed by atoms with van der Waals surface area (Å²) in [5.74, 6) is 0.779. The van der Waals surface area contributed by atoms with Crippen LogP contribution in [0.5, 0.6) is 0 Å². The molecule has 1 aliphatic rings. The van der Waals surface area contributed by atoms with Crippen molar-refractivity contribution in [1.82, 2.24) is 24.2 Å². The molecule has 6 nitrogen and oxygen atoms in total. The first-order valence-electron chi connectivity index (χ1n) is 9.55. The first-order chi connectivity index (χ1) is 13.6. The number of nitrogens with zero attached hydrogens (tertiary/aromatic N) is 5. The van der Waals surface area contributed by atoms with E-state index in [1.807, 2.05) is 34.9 Å². The fourth-order valence-electron chi connectivity index (χ4n) is 3.46. The van der Waals surface area contributed by atoms with E-state index in [1.165, 1.54) is 0 Å². The molecule has 1 fully saturated rings. The van der Waals surface area contributed by atoms with E-state index >= 15 is 0 Å². The van der Waals surface area contributed by atoms with Gasteiger partial charge >= 0.3 is 0 Å². The monoisotopic (exact) mass is 462 g/mol. The van der Waals surface area contributed by atoms with Crippen LogP contribution in [-0.4, -0.2) is 70.5 Å². The van der Waals surface area contributed by atoms with Crippen LogP contribution in [0.1, 0.15) is 6.42 Å². The summed E-state index contributed by atoms with van der Waals surface area (Å²) in [4.78, 5) is 14.2. The minimum atomic E-state index is 0.687. The van der Waals surface area contributed by atoms with Crippen LogP contribution in [0.15, 0.2) is 41.3 Å². The fourth-order valence-corrected chi connectivity index (χ4v) is 4.06. The topological polar surface area (TPSA) is 48.7 Å². The van der Waals surface area contributed by atoms with Gasteiger partial charge in [0.15, 0.2) is 11.5 Å². The average molecular weight is 464 g/mol. The van der Waals surface area contributed by atoms with E-state index in [1.54, 1.807) is 6.20 Å². The molecule has 0 radical (unpaired) electrons. The van der Waals surface area contributed by atoms with Crippen molar-refractivity contribution in [2.45, 2.75) is 6.42 Å². The number of fused-ring (bicyclic) bond motifs is 1. The summed E-state index contributed by atoms with van der Waals surface area (Å²) in [5.41, 5.74) is 2.53. The van der Waals surface area contributed by atoms with Gasteiger partial charge in [-0.1, -0.05) is 29.8 Å². The number of imidazole rings is 1. The highest BCUT2D eigenvalue weighted by atomic mass is 79.9. The van der Waals surface area contributed by atoms with Crippen LogP contribution in [0.3, 0.4) is 0 Å². The Hall–Kier alpha value is -1.67. The fraction of sp³-hybridized carbons (Fsp3) is 0.400. The van der Waals surface area contributed by atoms with Crippen LogP contribution < -0.4 is 5.32 Å². The van der Waals surface area contributed by atoms with Crippen LogP contribution in [-0.2, 0) is 0 Å². The number of rotatable bonds is 6. The van der Waals surface area contributed by atoms with E-state index in [2.05, 4.69) is 43.1 Å². The van der Waals surface area contributed by atoms with E-state index in [0.29, 0.717) is 5.02 Å². The molecule has 148 valence electrons. The summed E-state index contributed by atoms with van der Waals surface area (Å²) in [5, 5.41) is 4.17. The Labute approximate surface area is 178 Å². The maximum atomic E-state index is 6.39. The summed E-state index contributed by atoms with van der Waals surface area (Å²) in [6, 6.07) is 7.77. The molecule has 0 unspecified atom stereocenters. The minimum absolute atomic E-state index is 0.687. The highest BCUT2D eigenvalue weighted by Gasteiger charge is 2.15. The second-order valence-corrected chi connectivity index (χ2v) is 8.37. The predicted octanol–water partition coefficient (Wildman–Crippen LogP) is 3.86. The third-order valence-corrected chi connectivity index (χ3v) is 6.05. The molecule has 1 aliphatic heterocycles. The van der Waals surface area contributed by atoms with Crippen molar-refractivity contribution in [3.63, 3.8) is 0 Å². The van der Waals surface area contributed by atoms with Crippen molar-refractivity contribution in [2.75, 3.05) is 51.6 Å². The quantitative estimate of drug-likeness (QED) is 0.563. The molecule has 1 aromatic carbocycles. The largest absolute Gasteiger partial charge is 0.367 e. The van der Waals surface area contributed by atoms with Gasteiger partial charge in [0.2, 0.25) is 0 Å². The van der Waals surface area contributed by atoms with Crippen LogP contribution >= 0.6 is 27.5 Å². The van der Waals surface area contributed by atoms with Crippen molar-refractivity contribution in [2.24, 2.45) is 0 Å². The Morgan fingerprint density at radius 1 is 1.18 bits per heavy atom. The number of nitrogens with one attached hydrogen (secondary N) is 1. The number of anilines is 1. The second-order valence-electron chi connectivity index (χ2n) is 7.15. The molecule has 2 aromatic heterocycles. The van der Waals surface area contributed by atoms with E-state index in [0.717, 1.165) is 73.0 Å². The van der Waals surface area contributed by atoms with Gasteiger partial charge < -0.3 is 15.1 Å². The van der Waals surface area contributed by atoms with Gasteiger partial charge in [0.1, 0.15) is 4.60 Å². The Kier molecular flexibility index (Phi) is 6.16. The number of halogens is 2. The van der Waals surface area contributed by atoms with Gasteiger partial charge in [-0.15, -0.1) is 0 Å². The molecule has 3 aromatic rings. The number of aromatic nitrogens is 3. The molecular formula is C20H24BrClN6. The summed E-state index contributed by atoms with van der Waals surface area (Å²) in [6.45, 7) is 6.54. The molecule has 0 saturated carbocycles. The molecule has 0 atom stereocenters. The summed E-state index contributed by atoms with van der Waals surface area (Å²) in [6.07, 6.45) is 4.82. The van der Waals surface area contributed by atoms with Gasteiger partial charge in [-0.3, -0.25) is 4.40 Å². The number of benzene rings is 1. The Morgan fingerprint density at radius 3 is 2.75 bits per heavy atom. The van der Waals surface area contributed by atoms with E-state index < -0.39 is 0 Å². The van der Waals surface area contributed by atoms with Crippen LogP contribution in [0, 0.1) is 0 Å². The third kappa shape index (κ3) is 4.33. The van der Waals surface area contributed by atoms with Crippen molar-refractivity contribution < 1.29 is 0 Å². The molecule has 0 aliphatic carbocycles. The smallest absolute Gasteiger partial charge is 0.181 e. The van der Waals surface area contributed by atoms with E-state index in [9.17, 15) is 0 Å². The van der Waals surface area contributed by atoms with Gasteiger partial charge in [-0.05, 0) is 42.0 Å². The molecule has 0 amide bonds. The first-order valence-corrected chi connectivity index (χ1v) is 10.7. The zero-order valence-corrected chi connectivity index (χ0v) is 18.2.